The molecule has 1 atom stereocenters. The topological polar surface area (TPSA) is 74.5 Å². The molecule has 0 saturated carbocycles. The van der Waals surface area contributed by atoms with Crippen LogP contribution in [0.15, 0.2) is 29.3 Å². The lowest BCUT2D eigenvalue weighted by molar-refractivity contribution is -0.125. The second-order valence-corrected chi connectivity index (χ2v) is 5.00. The number of aliphatic imine (C=N–C) groups is 1. The fraction of sp³-hybridized carbons (Fsp3) is 0.308. The Morgan fingerprint density at radius 1 is 1.53 bits per heavy atom. The molecule has 2 rings (SSSR count). The zero-order valence-electron chi connectivity index (χ0n) is 10.4. The summed E-state index contributed by atoms with van der Waals surface area (Å²) in [6.07, 6.45) is -0.614. The summed E-state index contributed by atoms with van der Waals surface area (Å²) in [7, 11) is 0. The first-order valence-corrected chi connectivity index (χ1v) is 6.82. The summed E-state index contributed by atoms with van der Waals surface area (Å²) in [5.41, 5.74) is 0.557. The second-order valence-electron chi connectivity index (χ2n) is 3.92. The number of ether oxygens (including phenoxy) is 1. The van der Waals surface area contributed by atoms with Crippen LogP contribution >= 0.6 is 11.8 Å². The molecule has 0 bridgehead atoms. The van der Waals surface area contributed by atoms with Gasteiger partial charge in [-0.05, 0) is 31.2 Å². The van der Waals surface area contributed by atoms with Crippen molar-refractivity contribution < 1.29 is 9.53 Å². The van der Waals surface area contributed by atoms with Crippen LogP contribution in [-0.2, 0) is 4.79 Å². The maximum absolute atomic E-state index is 11.8. The van der Waals surface area contributed by atoms with Gasteiger partial charge >= 0.3 is 0 Å². The first-order chi connectivity index (χ1) is 9.19. The minimum atomic E-state index is -0.614. The summed E-state index contributed by atoms with van der Waals surface area (Å²) < 4.78 is 5.50. The van der Waals surface area contributed by atoms with Gasteiger partial charge in [0.2, 0.25) is 0 Å². The summed E-state index contributed by atoms with van der Waals surface area (Å²) in [5.74, 6) is 1.24. The molecule has 0 radical (unpaired) electrons. The third kappa shape index (κ3) is 3.73. The monoisotopic (exact) mass is 275 g/mol. The van der Waals surface area contributed by atoms with Crippen LogP contribution in [0.5, 0.6) is 5.75 Å². The molecule has 1 aromatic rings. The number of hydrogen-bond acceptors (Lipinski definition) is 5. The summed E-state index contributed by atoms with van der Waals surface area (Å²) in [4.78, 5) is 16.0. The number of nitrogens with zero attached hydrogens (tertiary/aromatic N) is 2. The van der Waals surface area contributed by atoms with Crippen molar-refractivity contribution >= 4 is 22.8 Å². The standard InChI is InChI=1S/C13H13N3O2S/c1-9(12(17)16-13-15-6-7-19-13)18-11-4-2-10(8-14)3-5-11/h2-5,9H,6-7H2,1H3,(H,15,16,17). The van der Waals surface area contributed by atoms with Crippen molar-refractivity contribution in [2.75, 3.05) is 12.3 Å². The predicted octanol–water partition coefficient (Wildman–Crippen LogP) is 1.54. The lowest BCUT2D eigenvalue weighted by Crippen LogP contribution is -2.38. The molecule has 0 aliphatic carbocycles. The van der Waals surface area contributed by atoms with E-state index in [0.717, 1.165) is 12.3 Å². The SMILES string of the molecule is CC(Oc1ccc(C#N)cc1)C(=O)NC1=NCCS1. The minimum Gasteiger partial charge on any atom is -0.481 e. The van der Waals surface area contributed by atoms with E-state index in [2.05, 4.69) is 10.3 Å². The molecule has 1 N–H and O–H groups in total. The maximum atomic E-state index is 11.8. The third-order valence-corrected chi connectivity index (χ3v) is 3.37. The Hall–Kier alpha value is -2.00. The van der Waals surface area contributed by atoms with Crippen LogP contribution < -0.4 is 10.1 Å². The molecule has 5 nitrogen and oxygen atoms in total. The summed E-state index contributed by atoms with van der Waals surface area (Å²) in [6, 6.07) is 8.67. The highest BCUT2D eigenvalue weighted by atomic mass is 32.2. The van der Waals surface area contributed by atoms with Crippen LogP contribution in [0.2, 0.25) is 0 Å². The largest absolute Gasteiger partial charge is 0.481 e. The van der Waals surface area contributed by atoms with Crippen molar-refractivity contribution in [3.8, 4) is 11.8 Å². The molecular formula is C13H13N3O2S. The quantitative estimate of drug-likeness (QED) is 0.908. The zero-order valence-corrected chi connectivity index (χ0v) is 11.2. The molecule has 1 heterocycles. The van der Waals surface area contributed by atoms with Gasteiger partial charge < -0.3 is 10.1 Å². The van der Waals surface area contributed by atoms with Gasteiger partial charge in [0.25, 0.3) is 5.91 Å². The second kappa shape index (κ2) is 6.25. The molecule has 1 aliphatic rings. The number of thioether (sulfide) groups is 1. The van der Waals surface area contributed by atoms with E-state index in [9.17, 15) is 4.79 Å². The minimum absolute atomic E-state index is 0.225. The number of benzene rings is 1. The number of amidine groups is 1. The lowest BCUT2D eigenvalue weighted by Gasteiger charge is -2.14. The highest BCUT2D eigenvalue weighted by Gasteiger charge is 2.18. The van der Waals surface area contributed by atoms with E-state index in [-0.39, 0.29) is 5.91 Å². The molecule has 1 unspecified atom stereocenters. The molecular weight excluding hydrogens is 262 g/mol. The van der Waals surface area contributed by atoms with Crippen LogP contribution in [0.25, 0.3) is 0 Å². The van der Waals surface area contributed by atoms with Gasteiger partial charge in [-0.1, -0.05) is 11.8 Å². The Labute approximate surface area is 115 Å². The van der Waals surface area contributed by atoms with Crippen LogP contribution in [0.3, 0.4) is 0 Å². The molecule has 1 aliphatic heterocycles. The van der Waals surface area contributed by atoms with Gasteiger partial charge in [0.1, 0.15) is 5.75 Å². The molecule has 98 valence electrons. The molecule has 0 saturated heterocycles. The Kier molecular flexibility index (Phi) is 4.42. The van der Waals surface area contributed by atoms with Crippen molar-refractivity contribution in [3.63, 3.8) is 0 Å². The number of hydrogen-bond donors (Lipinski definition) is 1. The van der Waals surface area contributed by atoms with Crippen molar-refractivity contribution in [2.45, 2.75) is 13.0 Å². The average molecular weight is 275 g/mol. The molecule has 6 heteroatoms. The normalized spacial score (nSPS) is 15.3. The van der Waals surface area contributed by atoms with Gasteiger partial charge in [-0.15, -0.1) is 0 Å². The van der Waals surface area contributed by atoms with Gasteiger partial charge in [0.05, 0.1) is 18.2 Å². The molecule has 0 aromatic heterocycles. The maximum Gasteiger partial charge on any atom is 0.266 e. The molecule has 19 heavy (non-hydrogen) atoms. The Balaban J connectivity index is 1.90. The summed E-state index contributed by atoms with van der Waals surface area (Å²) in [5, 5.41) is 12.1. The van der Waals surface area contributed by atoms with Crippen molar-refractivity contribution in [1.29, 1.82) is 5.26 Å². The Bertz CT molecular complexity index is 534. The number of nitriles is 1. The number of carbonyl (C=O) groups excluding carboxylic acids is 1. The van der Waals surface area contributed by atoms with Crippen molar-refractivity contribution in [1.82, 2.24) is 5.32 Å². The fourth-order valence-corrected chi connectivity index (χ4v) is 2.21. The summed E-state index contributed by atoms with van der Waals surface area (Å²) in [6.45, 7) is 2.42. The van der Waals surface area contributed by atoms with E-state index in [4.69, 9.17) is 10.00 Å². The van der Waals surface area contributed by atoms with E-state index in [1.54, 1.807) is 31.2 Å². The number of nitrogens with one attached hydrogen (secondary N) is 1. The van der Waals surface area contributed by atoms with Crippen molar-refractivity contribution in [2.24, 2.45) is 4.99 Å². The van der Waals surface area contributed by atoms with Crippen LogP contribution in [-0.4, -0.2) is 29.5 Å². The van der Waals surface area contributed by atoms with Gasteiger partial charge in [0.15, 0.2) is 11.3 Å². The number of rotatable bonds is 3. The zero-order chi connectivity index (χ0) is 13.7. The highest BCUT2D eigenvalue weighted by Crippen LogP contribution is 2.14. The van der Waals surface area contributed by atoms with E-state index in [0.29, 0.717) is 16.5 Å². The molecule has 1 amide bonds. The molecule has 0 spiro atoms. The Morgan fingerprint density at radius 3 is 2.84 bits per heavy atom. The molecule has 1 aromatic carbocycles. The lowest BCUT2D eigenvalue weighted by atomic mass is 10.2. The van der Waals surface area contributed by atoms with E-state index >= 15 is 0 Å². The smallest absolute Gasteiger partial charge is 0.266 e. The van der Waals surface area contributed by atoms with Crippen molar-refractivity contribution in [3.05, 3.63) is 29.8 Å². The Morgan fingerprint density at radius 2 is 2.26 bits per heavy atom. The van der Waals surface area contributed by atoms with Gasteiger partial charge in [-0.3, -0.25) is 9.79 Å². The number of carbonyl (C=O) groups is 1. The highest BCUT2D eigenvalue weighted by molar-refractivity contribution is 8.14. The predicted molar refractivity (Wildman–Crippen MR) is 74.1 cm³/mol. The van der Waals surface area contributed by atoms with Gasteiger partial charge in [0, 0.05) is 5.75 Å². The van der Waals surface area contributed by atoms with E-state index < -0.39 is 6.10 Å². The van der Waals surface area contributed by atoms with Crippen LogP contribution in [0.1, 0.15) is 12.5 Å². The number of amides is 1. The van der Waals surface area contributed by atoms with Gasteiger partial charge in [-0.25, -0.2) is 0 Å². The fourth-order valence-electron chi connectivity index (χ4n) is 1.48. The first-order valence-electron chi connectivity index (χ1n) is 5.84. The molecule has 0 fully saturated rings. The van der Waals surface area contributed by atoms with E-state index in [1.165, 1.54) is 11.8 Å². The van der Waals surface area contributed by atoms with Crippen LogP contribution in [0, 0.1) is 11.3 Å². The first kappa shape index (κ1) is 13.4. The van der Waals surface area contributed by atoms with Crippen LogP contribution in [0.4, 0.5) is 0 Å². The van der Waals surface area contributed by atoms with Gasteiger partial charge in [-0.2, -0.15) is 5.26 Å². The summed E-state index contributed by atoms with van der Waals surface area (Å²) >= 11 is 1.53. The third-order valence-electron chi connectivity index (χ3n) is 2.48. The van der Waals surface area contributed by atoms with E-state index in [1.807, 2.05) is 6.07 Å². The average Bonchev–Trinajstić information content (AvgIpc) is 2.92.